The van der Waals surface area contributed by atoms with Crippen molar-refractivity contribution in [1.29, 1.82) is 0 Å². The van der Waals surface area contributed by atoms with Crippen LogP contribution >= 0.6 is 0 Å². The Hall–Kier alpha value is -2.32. The van der Waals surface area contributed by atoms with E-state index in [1.807, 2.05) is 13.0 Å². The quantitative estimate of drug-likeness (QED) is 0.617. The van der Waals surface area contributed by atoms with Crippen LogP contribution in [-0.4, -0.2) is 46.8 Å². The van der Waals surface area contributed by atoms with Gasteiger partial charge in [0.25, 0.3) is 0 Å². The van der Waals surface area contributed by atoms with Crippen LogP contribution in [0.1, 0.15) is 51.2 Å². The fourth-order valence-corrected chi connectivity index (χ4v) is 2.58. The molecule has 0 aliphatic heterocycles. The lowest BCUT2D eigenvalue weighted by Gasteiger charge is -2.34. The van der Waals surface area contributed by atoms with Gasteiger partial charge < -0.3 is 14.0 Å². The van der Waals surface area contributed by atoms with Crippen LogP contribution in [0.3, 0.4) is 0 Å². The molecule has 0 saturated carbocycles. The van der Waals surface area contributed by atoms with E-state index in [4.69, 9.17) is 14.0 Å². The van der Waals surface area contributed by atoms with Crippen LogP contribution in [0.2, 0.25) is 0 Å². The zero-order valence-electron chi connectivity index (χ0n) is 16.8. The van der Waals surface area contributed by atoms with Crippen LogP contribution in [0, 0.1) is 5.92 Å². The van der Waals surface area contributed by atoms with Crippen LogP contribution in [0.5, 0.6) is 0 Å². The average Bonchev–Trinajstić information content (AvgIpc) is 3.13. The number of nitrogens with zero attached hydrogens (tertiary/aromatic N) is 4. The minimum Gasteiger partial charge on any atom is -0.467 e. The molecule has 2 heterocycles. The molecule has 8 nitrogen and oxygen atoms in total. The minimum atomic E-state index is -1.09. The van der Waals surface area contributed by atoms with Gasteiger partial charge in [0.05, 0.1) is 19.3 Å². The first-order valence-corrected chi connectivity index (χ1v) is 8.94. The van der Waals surface area contributed by atoms with Crippen molar-refractivity contribution >= 4 is 5.97 Å². The summed E-state index contributed by atoms with van der Waals surface area (Å²) in [6.45, 7) is 8.67. The summed E-state index contributed by atoms with van der Waals surface area (Å²) in [7, 11) is 3.14. The summed E-state index contributed by atoms with van der Waals surface area (Å²) < 4.78 is 16.1. The lowest BCUT2D eigenvalue weighted by atomic mass is 9.95. The van der Waals surface area contributed by atoms with Crippen LogP contribution < -0.4 is 0 Å². The van der Waals surface area contributed by atoms with Crippen molar-refractivity contribution in [2.45, 2.75) is 45.9 Å². The van der Waals surface area contributed by atoms with E-state index < -0.39 is 11.5 Å². The molecule has 0 aliphatic rings. The Labute approximate surface area is 159 Å². The van der Waals surface area contributed by atoms with Crippen molar-refractivity contribution in [3.8, 4) is 0 Å². The van der Waals surface area contributed by atoms with Gasteiger partial charge in [-0.25, -0.2) is 4.79 Å². The third-order valence-electron chi connectivity index (χ3n) is 4.41. The fraction of sp³-hybridized carbons (Fsp3) is 0.579. The number of likely N-dealkylation sites (N-methyl/N-ethyl adjacent to an activating group) is 1. The SMILES string of the molecule is COC(=O)[C@@](C)(c1ccccn1)N(C)Cc1nc([C@@H](C)OCC(C)C)no1. The maximum absolute atomic E-state index is 12.5. The zero-order valence-corrected chi connectivity index (χ0v) is 16.8. The van der Waals surface area contributed by atoms with Crippen LogP contribution in [0.4, 0.5) is 0 Å². The molecule has 0 bridgehead atoms. The van der Waals surface area contributed by atoms with Crippen molar-refractivity contribution in [3.05, 3.63) is 41.8 Å². The van der Waals surface area contributed by atoms with Crippen LogP contribution in [0.25, 0.3) is 0 Å². The molecule has 0 aliphatic carbocycles. The molecular weight excluding hydrogens is 348 g/mol. The summed E-state index contributed by atoms with van der Waals surface area (Å²) in [6, 6.07) is 5.41. The molecule has 8 heteroatoms. The standard InChI is InChI=1S/C19H28N4O4/c1-13(2)12-26-14(3)17-21-16(27-22-17)11-23(5)19(4,18(24)25-6)15-9-7-8-10-20-15/h7-10,13-14H,11-12H2,1-6H3/t14-,19-/m1/s1. The van der Waals surface area contributed by atoms with Crippen molar-refractivity contribution < 1.29 is 18.8 Å². The third kappa shape index (κ3) is 4.90. The predicted molar refractivity (Wildman–Crippen MR) is 98.6 cm³/mol. The molecule has 0 N–H and O–H groups in total. The van der Waals surface area contributed by atoms with Crippen molar-refractivity contribution in [2.24, 2.45) is 5.92 Å². The predicted octanol–water partition coefficient (Wildman–Crippen LogP) is 2.72. The Bertz CT molecular complexity index is 734. The minimum absolute atomic E-state index is 0.256. The van der Waals surface area contributed by atoms with E-state index in [0.717, 1.165) is 0 Å². The van der Waals surface area contributed by atoms with Gasteiger partial charge in [0, 0.05) is 12.8 Å². The molecule has 0 unspecified atom stereocenters. The molecule has 148 valence electrons. The van der Waals surface area contributed by atoms with E-state index in [1.54, 1.807) is 37.2 Å². The van der Waals surface area contributed by atoms with Gasteiger partial charge in [-0.05, 0) is 38.9 Å². The molecule has 2 rings (SSSR count). The topological polar surface area (TPSA) is 90.6 Å². The lowest BCUT2D eigenvalue weighted by Crippen LogP contribution is -2.48. The van der Waals surface area contributed by atoms with Crippen LogP contribution in [0.15, 0.2) is 28.9 Å². The summed E-state index contributed by atoms with van der Waals surface area (Å²) in [5.74, 6) is 0.872. The molecule has 2 aromatic rings. The summed E-state index contributed by atoms with van der Waals surface area (Å²) in [4.78, 5) is 23.0. The molecule has 0 spiro atoms. The molecule has 0 amide bonds. The fourth-order valence-electron chi connectivity index (χ4n) is 2.58. The Kier molecular flexibility index (Phi) is 7.04. The highest BCUT2D eigenvalue weighted by Crippen LogP contribution is 2.28. The van der Waals surface area contributed by atoms with Crippen LogP contribution in [-0.2, 0) is 26.4 Å². The lowest BCUT2D eigenvalue weighted by molar-refractivity contribution is -0.155. The van der Waals surface area contributed by atoms with Gasteiger partial charge in [-0.1, -0.05) is 25.1 Å². The molecular formula is C19H28N4O4. The van der Waals surface area contributed by atoms with E-state index in [1.165, 1.54) is 7.11 Å². The molecule has 27 heavy (non-hydrogen) atoms. The van der Waals surface area contributed by atoms with Gasteiger partial charge in [-0.2, -0.15) is 4.98 Å². The summed E-state index contributed by atoms with van der Waals surface area (Å²) in [6.07, 6.45) is 1.38. The number of aromatic nitrogens is 3. The van der Waals surface area contributed by atoms with Crippen molar-refractivity contribution in [3.63, 3.8) is 0 Å². The van der Waals surface area contributed by atoms with Gasteiger partial charge in [-0.15, -0.1) is 0 Å². The van der Waals surface area contributed by atoms with E-state index in [-0.39, 0.29) is 12.6 Å². The number of carbonyl (C=O) groups excluding carboxylic acids is 1. The number of pyridine rings is 1. The first-order chi connectivity index (χ1) is 12.8. The largest absolute Gasteiger partial charge is 0.467 e. The maximum Gasteiger partial charge on any atom is 0.332 e. The molecule has 0 aromatic carbocycles. The highest BCUT2D eigenvalue weighted by atomic mass is 16.5. The highest BCUT2D eigenvalue weighted by Gasteiger charge is 2.42. The molecule has 2 aromatic heterocycles. The number of methoxy groups -OCH3 is 1. The Morgan fingerprint density at radius 1 is 1.33 bits per heavy atom. The Morgan fingerprint density at radius 3 is 2.67 bits per heavy atom. The van der Waals surface area contributed by atoms with Gasteiger partial charge >= 0.3 is 5.97 Å². The summed E-state index contributed by atoms with van der Waals surface area (Å²) in [5, 5.41) is 4.00. The third-order valence-corrected chi connectivity index (χ3v) is 4.41. The smallest absolute Gasteiger partial charge is 0.332 e. The summed E-state index contributed by atoms with van der Waals surface area (Å²) >= 11 is 0. The number of hydrogen-bond donors (Lipinski definition) is 0. The second-order valence-corrected chi connectivity index (χ2v) is 7.05. The number of rotatable bonds is 9. The van der Waals surface area contributed by atoms with Gasteiger partial charge in [-0.3, -0.25) is 9.88 Å². The van der Waals surface area contributed by atoms with Gasteiger partial charge in [0.2, 0.25) is 5.89 Å². The van der Waals surface area contributed by atoms with Crippen molar-refractivity contribution in [2.75, 3.05) is 20.8 Å². The first-order valence-electron chi connectivity index (χ1n) is 8.94. The second kappa shape index (κ2) is 9.05. The maximum atomic E-state index is 12.5. The summed E-state index contributed by atoms with van der Waals surface area (Å²) in [5.41, 5.74) is -0.516. The Morgan fingerprint density at radius 2 is 2.07 bits per heavy atom. The average molecular weight is 376 g/mol. The second-order valence-electron chi connectivity index (χ2n) is 7.05. The van der Waals surface area contributed by atoms with Gasteiger partial charge in [0.15, 0.2) is 11.4 Å². The van der Waals surface area contributed by atoms with Crippen molar-refractivity contribution in [1.82, 2.24) is 20.0 Å². The number of esters is 1. The van der Waals surface area contributed by atoms with E-state index >= 15 is 0 Å². The number of ether oxygens (including phenoxy) is 2. The number of hydrogen-bond acceptors (Lipinski definition) is 8. The van der Waals surface area contributed by atoms with Gasteiger partial charge in [0.1, 0.15) is 6.10 Å². The van der Waals surface area contributed by atoms with E-state index in [2.05, 4.69) is 29.0 Å². The monoisotopic (exact) mass is 376 g/mol. The number of carbonyl (C=O) groups is 1. The molecule has 0 radical (unpaired) electrons. The molecule has 2 atom stereocenters. The first kappa shape index (κ1) is 21.0. The molecule has 0 saturated heterocycles. The van der Waals surface area contributed by atoms with E-state index in [0.29, 0.717) is 29.9 Å². The Balaban J connectivity index is 2.16. The van der Waals surface area contributed by atoms with E-state index in [9.17, 15) is 4.79 Å². The zero-order chi connectivity index (χ0) is 20.0. The molecule has 0 fully saturated rings. The highest BCUT2D eigenvalue weighted by molar-refractivity contribution is 5.81. The normalized spacial score (nSPS) is 15.0.